The fourth-order valence-corrected chi connectivity index (χ4v) is 2.35. The number of nitriles is 1. The first-order chi connectivity index (χ1) is 12.1. The summed E-state index contributed by atoms with van der Waals surface area (Å²) in [5.41, 5.74) is 3.00. The van der Waals surface area contributed by atoms with Crippen LogP contribution in [0, 0.1) is 24.1 Å². The van der Waals surface area contributed by atoms with Crippen molar-refractivity contribution in [2.75, 3.05) is 5.32 Å². The lowest BCUT2D eigenvalue weighted by atomic mass is 10.0. The molecule has 3 aromatic rings. The number of hydrogen-bond acceptors (Lipinski definition) is 5. The number of hydrogen-bond donors (Lipinski definition) is 2. The van der Waals surface area contributed by atoms with Crippen molar-refractivity contribution in [1.29, 1.82) is 5.26 Å². The topological polar surface area (TPSA) is 81.8 Å². The Morgan fingerprint density at radius 2 is 1.80 bits per heavy atom. The molecule has 0 radical (unpaired) electrons. The fourth-order valence-electron chi connectivity index (χ4n) is 2.35. The van der Waals surface area contributed by atoms with Gasteiger partial charge >= 0.3 is 0 Å². The molecule has 5 nitrogen and oxygen atoms in total. The van der Waals surface area contributed by atoms with Gasteiger partial charge in [0.15, 0.2) is 0 Å². The SMILES string of the molecule is Cc1cnc(Nc2ccc(C#N)cc2)nc1C(O)c1ccc(F)cc1. The maximum absolute atomic E-state index is 13.1. The number of aliphatic hydroxyl groups is 1. The molecule has 3 rings (SSSR count). The van der Waals surface area contributed by atoms with Gasteiger partial charge in [-0.3, -0.25) is 0 Å². The lowest BCUT2D eigenvalue weighted by molar-refractivity contribution is 0.214. The van der Waals surface area contributed by atoms with Gasteiger partial charge in [-0.15, -0.1) is 0 Å². The van der Waals surface area contributed by atoms with Crippen molar-refractivity contribution in [3.05, 3.63) is 82.9 Å². The van der Waals surface area contributed by atoms with Gasteiger partial charge in [0.25, 0.3) is 0 Å². The zero-order valence-corrected chi connectivity index (χ0v) is 13.4. The predicted molar refractivity (Wildman–Crippen MR) is 91.7 cm³/mol. The van der Waals surface area contributed by atoms with E-state index < -0.39 is 6.10 Å². The summed E-state index contributed by atoms with van der Waals surface area (Å²) >= 11 is 0. The molecule has 0 fully saturated rings. The van der Waals surface area contributed by atoms with Gasteiger partial charge in [0.1, 0.15) is 11.9 Å². The molecule has 0 saturated carbocycles. The van der Waals surface area contributed by atoms with Crippen LogP contribution < -0.4 is 5.32 Å². The number of aliphatic hydroxyl groups excluding tert-OH is 1. The largest absolute Gasteiger partial charge is 0.382 e. The molecule has 6 heteroatoms. The molecular weight excluding hydrogens is 319 g/mol. The Kier molecular flexibility index (Phi) is 4.68. The molecule has 2 N–H and O–H groups in total. The Bertz CT molecular complexity index is 918. The number of halogens is 1. The molecule has 1 atom stereocenters. The summed E-state index contributed by atoms with van der Waals surface area (Å²) in [5.74, 6) is -0.0370. The molecule has 1 heterocycles. The van der Waals surface area contributed by atoms with Gasteiger partial charge in [0, 0.05) is 11.9 Å². The lowest BCUT2D eigenvalue weighted by Crippen LogP contribution is -2.08. The quantitative estimate of drug-likeness (QED) is 0.761. The number of nitrogens with one attached hydrogen (secondary N) is 1. The smallest absolute Gasteiger partial charge is 0.227 e. The van der Waals surface area contributed by atoms with E-state index in [2.05, 4.69) is 21.4 Å². The van der Waals surface area contributed by atoms with Gasteiger partial charge in [-0.2, -0.15) is 5.26 Å². The minimum atomic E-state index is -0.981. The van der Waals surface area contributed by atoms with E-state index in [1.54, 1.807) is 37.4 Å². The maximum Gasteiger partial charge on any atom is 0.227 e. The first-order valence-electron chi connectivity index (χ1n) is 7.61. The van der Waals surface area contributed by atoms with Crippen LogP contribution in [0.3, 0.4) is 0 Å². The number of rotatable bonds is 4. The van der Waals surface area contributed by atoms with Gasteiger partial charge in [0.05, 0.1) is 17.3 Å². The van der Waals surface area contributed by atoms with E-state index in [4.69, 9.17) is 5.26 Å². The third-order valence-electron chi connectivity index (χ3n) is 3.73. The monoisotopic (exact) mass is 334 g/mol. The minimum absolute atomic E-state index is 0.325. The van der Waals surface area contributed by atoms with Crippen molar-refractivity contribution in [2.24, 2.45) is 0 Å². The first kappa shape index (κ1) is 16.6. The first-order valence-corrected chi connectivity index (χ1v) is 7.61. The Labute approximate surface area is 144 Å². The van der Waals surface area contributed by atoms with Crippen molar-refractivity contribution in [3.63, 3.8) is 0 Å². The molecule has 0 aliphatic heterocycles. The normalized spacial score (nSPS) is 11.6. The number of anilines is 2. The Morgan fingerprint density at radius 1 is 1.12 bits per heavy atom. The van der Waals surface area contributed by atoms with E-state index in [9.17, 15) is 9.50 Å². The van der Waals surface area contributed by atoms with E-state index in [0.717, 1.165) is 11.3 Å². The molecular formula is C19H15FN4O. The molecule has 1 unspecified atom stereocenters. The molecule has 1 aromatic heterocycles. The molecule has 25 heavy (non-hydrogen) atoms. The average molecular weight is 334 g/mol. The van der Waals surface area contributed by atoms with Crippen LogP contribution in [0.4, 0.5) is 16.0 Å². The summed E-state index contributed by atoms with van der Waals surface area (Å²) in [6.45, 7) is 1.80. The lowest BCUT2D eigenvalue weighted by Gasteiger charge is -2.14. The third kappa shape index (κ3) is 3.79. The van der Waals surface area contributed by atoms with Crippen LogP contribution in [0.5, 0.6) is 0 Å². The van der Waals surface area contributed by atoms with Gasteiger partial charge in [-0.1, -0.05) is 12.1 Å². The molecule has 0 amide bonds. The van der Waals surface area contributed by atoms with E-state index in [1.807, 2.05) is 0 Å². The predicted octanol–water partition coefficient (Wildman–Crippen LogP) is 3.62. The second-order valence-corrected chi connectivity index (χ2v) is 5.53. The third-order valence-corrected chi connectivity index (χ3v) is 3.73. The highest BCUT2D eigenvalue weighted by Gasteiger charge is 2.16. The van der Waals surface area contributed by atoms with Crippen molar-refractivity contribution in [2.45, 2.75) is 13.0 Å². The Hall–Kier alpha value is -3.30. The van der Waals surface area contributed by atoms with Gasteiger partial charge in [-0.05, 0) is 54.4 Å². The number of aryl methyl sites for hydroxylation is 1. The summed E-state index contributed by atoms with van der Waals surface area (Å²) in [7, 11) is 0. The number of benzene rings is 2. The van der Waals surface area contributed by atoms with Crippen molar-refractivity contribution in [1.82, 2.24) is 9.97 Å². The average Bonchev–Trinajstić information content (AvgIpc) is 2.64. The van der Waals surface area contributed by atoms with E-state index in [1.165, 1.54) is 24.3 Å². The van der Waals surface area contributed by atoms with Crippen LogP contribution in [0.25, 0.3) is 0 Å². The molecule has 0 spiro atoms. The molecule has 0 saturated heterocycles. The highest BCUT2D eigenvalue weighted by atomic mass is 19.1. The molecule has 0 aliphatic rings. The highest BCUT2D eigenvalue weighted by Crippen LogP contribution is 2.24. The van der Waals surface area contributed by atoms with E-state index in [0.29, 0.717) is 22.8 Å². The fraction of sp³-hybridized carbons (Fsp3) is 0.105. The number of aromatic nitrogens is 2. The zero-order chi connectivity index (χ0) is 17.8. The van der Waals surface area contributed by atoms with Crippen LogP contribution in [0.15, 0.2) is 54.7 Å². The van der Waals surface area contributed by atoms with Crippen LogP contribution in [0.1, 0.15) is 28.5 Å². The zero-order valence-electron chi connectivity index (χ0n) is 13.4. The molecule has 2 aromatic carbocycles. The van der Waals surface area contributed by atoms with Crippen molar-refractivity contribution >= 4 is 11.6 Å². The standard InChI is InChI=1S/C19H15FN4O/c1-12-11-22-19(23-16-8-2-13(10-21)3-9-16)24-17(12)18(25)14-4-6-15(20)7-5-14/h2-9,11,18,25H,1H3,(H,22,23,24). The molecule has 0 bridgehead atoms. The van der Waals surface area contributed by atoms with E-state index >= 15 is 0 Å². The second-order valence-electron chi connectivity index (χ2n) is 5.53. The van der Waals surface area contributed by atoms with Crippen LogP contribution in [0.2, 0.25) is 0 Å². The minimum Gasteiger partial charge on any atom is -0.382 e. The van der Waals surface area contributed by atoms with E-state index in [-0.39, 0.29) is 5.82 Å². The second kappa shape index (κ2) is 7.07. The summed E-state index contributed by atoms with van der Waals surface area (Å²) in [4.78, 5) is 8.59. The van der Waals surface area contributed by atoms with Crippen molar-refractivity contribution < 1.29 is 9.50 Å². The van der Waals surface area contributed by atoms with Gasteiger partial charge in [0.2, 0.25) is 5.95 Å². The molecule has 0 aliphatic carbocycles. The summed E-state index contributed by atoms with van der Waals surface area (Å²) < 4.78 is 13.1. The van der Waals surface area contributed by atoms with Crippen LogP contribution in [-0.2, 0) is 0 Å². The maximum atomic E-state index is 13.1. The van der Waals surface area contributed by atoms with Crippen molar-refractivity contribution in [3.8, 4) is 6.07 Å². The summed E-state index contributed by atoms with van der Waals surface area (Å²) in [6.07, 6.45) is 0.631. The van der Waals surface area contributed by atoms with Crippen LogP contribution in [-0.4, -0.2) is 15.1 Å². The highest BCUT2D eigenvalue weighted by molar-refractivity contribution is 5.55. The van der Waals surface area contributed by atoms with Gasteiger partial charge in [-0.25, -0.2) is 14.4 Å². The molecule has 124 valence electrons. The van der Waals surface area contributed by atoms with Gasteiger partial charge < -0.3 is 10.4 Å². The Balaban J connectivity index is 1.86. The summed E-state index contributed by atoms with van der Waals surface area (Å²) in [6, 6.07) is 14.6. The van der Waals surface area contributed by atoms with Crippen LogP contribution >= 0.6 is 0 Å². The summed E-state index contributed by atoms with van der Waals surface area (Å²) in [5, 5.41) is 22.4. The Morgan fingerprint density at radius 3 is 2.44 bits per heavy atom. The number of nitrogens with zero attached hydrogens (tertiary/aromatic N) is 3.